The number of ketones is 1. The Hall–Kier alpha value is -3.39. The molecule has 0 bridgehead atoms. The summed E-state index contributed by atoms with van der Waals surface area (Å²) >= 11 is 0.810. The van der Waals surface area contributed by atoms with Gasteiger partial charge in [-0.25, -0.2) is 15.0 Å². The molecular weight excluding hydrogens is 364 g/mol. The molecule has 0 unspecified atom stereocenters. The fourth-order valence-corrected chi connectivity index (χ4v) is 3.26. The molecule has 8 heteroatoms. The number of amides is 2. The van der Waals surface area contributed by atoms with Gasteiger partial charge in [0.2, 0.25) is 0 Å². The Morgan fingerprint density at radius 1 is 1.07 bits per heavy atom. The number of Topliss-reactive ketones (excluding diaryl/α,β-unsaturated/α-hetero) is 1. The molecule has 3 aromatic rings. The van der Waals surface area contributed by atoms with Crippen LogP contribution in [-0.4, -0.2) is 31.9 Å². The van der Waals surface area contributed by atoms with Crippen LogP contribution >= 0.6 is 11.8 Å². The lowest BCUT2D eigenvalue weighted by Gasteiger charge is -2.03. The highest BCUT2D eigenvalue weighted by atomic mass is 32.2. The molecule has 1 aromatic carbocycles. The number of rotatable bonds is 4. The first kappa shape index (κ1) is 17.0. The zero-order valence-electron chi connectivity index (χ0n) is 13.9. The third-order valence-electron chi connectivity index (χ3n) is 3.85. The SMILES string of the molecule is O=C1NC(=O)/C(=C/c2ccnc(CC(=O)c3ccc4ccccc4n3)n2)S1. The van der Waals surface area contributed by atoms with Crippen molar-refractivity contribution in [3.8, 4) is 0 Å². The molecule has 3 heterocycles. The van der Waals surface area contributed by atoms with Crippen LogP contribution in [0.1, 0.15) is 22.0 Å². The number of hydrogen-bond acceptors (Lipinski definition) is 7. The van der Waals surface area contributed by atoms with Crippen LogP contribution in [0.4, 0.5) is 4.79 Å². The van der Waals surface area contributed by atoms with Gasteiger partial charge in [-0.05, 0) is 36.0 Å². The van der Waals surface area contributed by atoms with E-state index in [9.17, 15) is 14.4 Å². The van der Waals surface area contributed by atoms with Gasteiger partial charge >= 0.3 is 0 Å². The average Bonchev–Trinajstić information content (AvgIpc) is 2.98. The van der Waals surface area contributed by atoms with Crippen LogP contribution in [0.5, 0.6) is 0 Å². The Balaban J connectivity index is 1.55. The summed E-state index contributed by atoms with van der Waals surface area (Å²) in [6, 6.07) is 12.7. The maximum Gasteiger partial charge on any atom is 0.290 e. The quantitative estimate of drug-likeness (QED) is 0.552. The summed E-state index contributed by atoms with van der Waals surface area (Å²) < 4.78 is 0. The van der Waals surface area contributed by atoms with Gasteiger partial charge in [-0.1, -0.05) is 24.3 Å². The van der Waals surface area contributed by atoms with Crippen molar-refractivity contribution in [3.63, 3.8) is 0 Å². The first-order chi connectivity index (χ1) is 13.1. The molecule has 132 valence electrons. The molecule has 0 atom stereocenters. The van der Waals surface area contributed by atoms with Gasteiger partial charge in [0.1, 0.15) is 11.5 Å². The van der Waals surface area contributed by atoms with Gasteiger partial charge in [0.05, 0.1) is 22.5 Å². The molecule has 7 nitrogen and oxygen atoms in total. The summed E-state index contributed by atoms with van der Waals surface area (Å²) in [5.74, 6) is -0.339. The second-order valence-electron chi connectivity index (χ2n) is 5.74. The Bertz CT molecular complexity index is 1130. The summed E-state index contributed by atoms with van der Waals surface area (Å²) in [5.41, 5.74) is 1.54. The van der Waals surface area contributed by atoms with Gasteiger partial charge in [-0.15, -0.1) is 0 Å². The summed E-state index contributed by atoms with van der Waals surface area (Å²) in [6.07, 6.45) is 2.99. The maximum atomic E-state index is 12.5. The van der Waals surface area contributed by atoms with E-state index >= 15 is 0 Å². The minimum absolute atomic E-state index is 0.0133. The molecule has 1 fully saturated rings. The maximum absolute atomic E-state index is 12.5. The normalized spacial score (nSPS) is 15.3. The van der Waals surface area contributed by atoms with Gasteiger partial charge in [0.25, 0.3) is 11.1 Å². The van der Waals surface area contributed by atoms with Crippen molar-refractivity contribution >= 4 is 45.7 Å². The molecule has 0 saturated carbocycles. The number of pyridine rings is 1. The predicted octanol–water partition coefficient (Wildman–Crippen LogP) is 2.77. The van der Waals surface area contributed by atoms with Gasteiger partial charge in [0.15, 0.2) is 5.78 Å². The van der Waals surface area contributed by atoms with Crippen LogP contribution in [0.2, 0.25) is 0 Å². The zero-order chi connectivity index (χ0) is 18.8. The van der Waals surface area contributed by atoms with Crippen molar-refractivity contribution in [1.82, 2.24) is 20.3 Å². The van der Waals surface area contributed by atoms with E-state index < -0.39 is 11.1 Å². The van der Waals surface area contributed by atoms with Crippen LogP contribution in [0.25, 0.3) is 17.0 Å². The van der Waals surface area contributed by atoms with Crippen molar-refractivity contribution in [2.24, 2.45) is 0 Å². The predicted molar refractivity (Wildman–Crippen MR) is 101 cm³/mol. The lowest BCUT2D eigenvalue weighted by molar-refractivity contribution is -0.115. The van der Waals surface area contributed by atoms with E-state index in [1.54, 1.807) is 12.1 Å². The highest BCUT2D eigenvalue weighted by Gasteiger charge is 2.25. The summed E-state index contributed by atoms with van der Waals surface area (Å²) in [6.45, 7) is 0. The monoisotopic (exact) mass is 376 g/mol. The summed E-state index contributed by atoms with van der Waals surface area (Å²) in [4.78, 5) is 48.4. The van der Waals surface area contributed by atoms with Crippen LogP contribution in [0, 0.1) is 0 Å². The Kier molecular flexibility index (Phi) is 4.47. The number of nitrogens with zero attached hydrogens (tertiary/aromatic N) is 3. The first-order valence-corrected chi connectivity index (χ1v) is 8.86. The fourth-order valence-electron chi connectivity index (χ4n) is 2.59. The van der Waals surface area contributed by atoms with Crippen molar-refractivity contribution in [2.45, 2.75) is 6.42 Å². The second kappa shape index (κ2) is 7.08. The highest BCUT2D eigenvalue weighted by Crippen LogP contribution is 2.24. The summed E-state index contributed by atoms with van der Waals surface area (Å²) in [5, 5.41) is 2.72. The van der Waals surface area contributed by atoms with E-state index in [-0.39, 0.29) is 17.1 Å². The molecule has 27 heavy (non-hydrogen) atoms. The Morgan fingerprint density at radius 2 is 1.93 bits per heavy atom. The largest absolute Gasteiger partial charge is 0.292 e. The number of benzene rings is 1. The third kappa shape index (κ3) is 3.75. The molecule has 2 aromatic heterocycles. The number of para-hydroxylation sites is 1. The number of fused-ring (bicyclic) bond motifs is 1. The van der Waals surface area contributed by atoms with Crippen molar-refractivity contribution in [2.75, 3.05) is 0 Å². The van der Waals surface area contributed by atoms with Gasteiger partial charge in [0, 0.05) is 11.6 Å². The molecular formula is C19H12N4O3S. The molecule has 2 amide bonds. The van der Waals surface area contributed by atoms with Gasteiger partial charge in [-0.3, -0.25) is 19.7 Å². The van der Waals surface area contributed by atoms with E-state index in [2.05, 4.69) is 20.3 Å². The number of carbonyl (C=O) groups is 3. The number of thioether (sulfide) groups is 1. The molecule has 1 N–H and O–H groups in total. The van der Waals surface area contributed by atoms with Crippen LogP contribution in [0.3, 0.4) is 0 Å². The van der Waals surface area contributed by atoms with Crippen LogP contribution < -0.4 is 5.32 Å². The number of nitrogens with one attached hydrogen (secondary N) is 1. The lowest BCUT2D eigenvalue weighted by Crippen LogP contribution is -2.17. The minimum atomic E-state index is -0.457. The molecule has 0 spiro atoms. The highest BCUT2D eigenvalue weighted by molar-refractivity contribution is 8.18. The molecule has 0 radical (unpaired) electrons. The fraction of sp³-hybridized carbons (Fsp3) is 0.0526. The molecule has 1 saturated heterocycles. The summed E-state index contributed by atoms with van der Waals surface area (Å²) in [7, 11) is 0. The average molecular weight is 376 g/mol. The number of carbonyl (C=O) groups excluding carboxylic acids is 3. The van der Waals surface area contributed by atoms with E-state index in [0.29, 0.717) is 17.2 Å². The smallest absolute Gasteiger partial charge is 0.290 e. The minimum Gasteiger partial charge on any atom is -0.292 e. The van der Waals surface area contributed by atoms with E-state index in [1.165, 1.54) is 12.3 Å². The van der Waals surface area contributed by atoms with Gasteiger partial charge in [-0.2, -0.15) is 0 Å². The Morgan fingerprint density at radius 3 is 2.74 bits per heavy atom. The van der Waals surface area contributed by atoms with Gasteiger partial charge < -0.3 is 0 Å². The van der Waals surface area contributed by atoms with Crippen molar-refractivity contribution < 1.29 is 14.4 Å². The van der Waals surface area contributed by atoms with Crippen LogP contribution in [-0.2, 0) is 11.2 Å². The first-order valence-electron chi connectivity index (χ1n) is 8.04. The molecule has 1 aliphatic rings. The Labute approximate surface area is 157 Å². The number of aromatic nitrogens is 3. The second-order valence-corrected chi connectivity index (χ2v) is 6.75. The number of hydrogen-bond donors (Lipinski definition) is 1. The van der Waals surface area contributed by atoms with Crippen molar-refractivity contribution in [1.29, 1.82) is 0 Å². The van der Waals surface area contributed by atoms with E-state index in [4.69, 9.17) is 0 Å². The van der Waals surface area contributed by atoms with E-state index in [0.717, 1.165) is 22.7 Å². The topological polar surface area (TPSA) is 102 Å². The van der Waals surface area contributed by atoms with E-state index in [1.807, 2.05) is 30.3 Å². The zero-order valence-corrected chi connectivity index (χ0v) is 14.7. The third-order valence-corrected chi connectivity index (χ3v) is 4.66. The molecule has 4 rings (SSSR count). The lowest BCUT2D eigenvalue weighted by atomic mass is 10.1. The standard InChI is InChI=1S/C19H12N4O3S/c24-15(14-6-5-11-3-1-2-4-13(11)22-14)10-17-20-8-7-12(21-17)9-16-18(25)23-19(26)27-16/h1-9H,10H2,(H,23,25,26)/b16-9-. The number of imide groups is 1. The van der Waals surface area contributed by atoms with Crippen LogP contribution in [0.15, 0.2) is 53.6 Å². The van der Waals surface area contributed by atoms with Crippen molar-refractivity contribution in [3.05, 3.63) is 70.8 Å². The molecule has 0 aliphatic carbocycles. The molecule has 1 aliphatic heterocycles.